The molecule has 5 N–H and O–H groups in total. The topological polar surface area (TPSA) is 128 Å². The average molecular weight is 327 g/mol. The summed E-state index contributed by atoms with van der Waals surface area (Å²) in [6, 6.07) is 1.64. The molecule has 0 bridgehead atoms. The first-order valence-corrected chi connectivity index (χ1v) is 6.23. The van der Waals surface area contributed by atoms with Crippen LogP contribution in [0.25, 0.3) is 0 Å². The van der Waals surface area contributed by atoms with Gasteiger partial charge < -0.3 is 20.9 Å². The Labute approximate surface area is 130 Å². The fraction of sp³-hybridized carbons (Fsp3) is 0.214. The Morgan fingerprint density at radius 3 is 2.13 bits per heavy atom. The van der Waals surface area contributed by atoms with Gasteiger partial charge in [-0.1, -0.05) is 0 Å². The van der Waals surface area contributed by atoms with Crippen LogP contribution in [0.4, 0.5) is 8.78 Å². The highest BCUT2D eigenvalue weighted by molar-refractivity contribution is 6.17. The smallest absolute Gasteiger partial charge is 0.344 e. The van der Waals surface area contributed by atoms with Crippen LogP contribution in [0.3, 0.4) is 0 Å². The number of rotatable bonds is 6. The van der Waals surface area contributed by atoms with E-state index in [2.05, 4.69) is 9.47 Å². The second-order valence-electron chi connectivity index (χ2n) is 4.44. The highest BCUT2D eigenvalue weighted by atomic mass is 19.1. The van der Waals surface area contributed by atoms with Gasteiger partial charge in [0.15, 0.2) is 6.61 Å². The lowest BCUT2D eigenvalue weighted by Crippen LogP contribution is -2.27. The van der Waals surface area contributed by atoms with Gasteiger partial charge in [-0.05, 0) is 6.92 Å². The molecule has 0 atom stereocenters. The van der Waals surface area contributed by atoms with Crippen molar-refractivity contribution >= 4 is 17.6 Å². The summed E-state index contributed by atoms with van der Waals surface area (Å²) in [6.45, 7) is 0.367. The first kappa shape index (κ1) is 18.1. The summed E-state index contributed by atoms with van der Waals surface area (Å²) in [6.07, 6.45) is 0. The molecular formula is C14H15F2N3O4. The number of esters is 1. The molecular weight excluding hydrogens is 312 g/mol. The number of allylic oxidation sites excluding steroid dienone is 1. The zero-order valence-corrected chi connectivity index (χ0v) is 12.4. The number of carbonyl (C=O) groups is 2. The van der Waals surface area contributed by atoms with Crippen LogP contribution < -0.4 is 16.2 Å². The lowest BCUT2D eigenvalue weighted by atomic mass is 10.1. The molecule has 23 heavy (non-hydrogen) atoms. The Bertz CT molecular complexity index is 674. The second-order valence-corrected chi connectivity index (χ2v) is 4.44. The molecule has 0 aliphatic heterocycles. The van der Waals surface area contributed by atoms with Crippen molar-refractivity contribution in [1.29, 1.82) is 5.41 Å². The van der Waals surface area contributed by atoms with E-state index in [4.69, 9.17) is 16.9 Å². The van der Waals surface area contributed by atoms with Gasteiger partial charge in [0.25, 0.3) is 0 Å². The molecule has 1 aromatic rings. The summed E-state index contributed by atoms with van der Waals surface area (Å²) in [5.74, 6) is -5.30. The van der Waals surface area contributed by atoms with Crippen LogP contribution in [0.2, 0.25) is 0 Å². The molecule has 0 radical (unpaired) electrons. The van der Waals surface area contributed by atoms with Crippen molar-refractivity contribution in [2.24, 2.45) is 11.5 Å². The molecule has 0 amide bonds. The number of nitrogens with two attached hydrogens (primary N) is 2. The van der Waals surface area contributed by atoms with Gasteiger partial charge in [0, 0.05) is 17.8 Å². The van der Waals surface area contributed by atoms with Crippen molar-refractivity contribution in [2.45, 2.75) is 6.92 Å². The number of Topliss-reactive ketones (excluding diaryl/α,β-unsaturated/α-hetero) is 1. The van der Waals surface area contributed by atoms with Gasteiger partial charge in [0.2, 0.25) is 5.78 Å². The fourth-order valence-electron chi connectivity index (χ4n) is 1.69. The Balaban J connectivity index is 2.92. The fourth-order valence-corrected chi connectivity index (χ4v) is 1.69. The van der Waals surface area contributed by atoms with Crippen molar-refractivity contribution in [3.8, 4) is 5.75 Å². The maximum absolute atomic E-state index is 13.7. The lowest BCUT2D eigenvalue weighted by molar-refractivity contribution is -0.137. The maximum Gasteiger partial charge on any atom is 0.344 e. The molecule has 7 nitrogen and oxygen atoms in total. The molecule has 0 spiro atoms. The van der Waals surface area contributed by atoms with Gasteiger partial charge in [0.05, 0.1) is 12.7 Å². The molecule has 0 saturated heterocycles. The van der Waals surface area contributed by atoms with E-state index in [0.29, 0.717) is 0 Å². The number of hydrogen-bond acceptors (Lipinski definition) is 6. The van der Waals surface area contributed by atoms with E-state index in [0.717, 1.165) is 12.1 Å². The standard InChI is InChI=1S/C14H15F2N3O4/c1-6(17)11(13(18)19)14(21)23-5-10(20)12-8(15)3-7(22-2)4-9(12)16/h3-4H,5,17H2,1-2H3,(H3,18,19)/b11-6+. The second kappa shape index (κ2) is 7.34. The maximum atomic E-state index is 13.7. The van der Waals surface area contributed by atoms with Gasteiger partial charge >= 0.3 is 5.97 Å². The number of hydrogen-bond donors (Lipinski definition) is 3. The zero-order valence-electron chi connectivity index (χ0n) is 12.4. The number of ether oxygens (including phenoxy) is 2. The quantitative estimate of drug-likeness (QED) is 0.234. The predicted molar refractivity (Wildman–Crippen MR) is 77.0 cm³/mol. The summed E-state index contributed by atoms with van der Waals surface area (Å²) in [5.41, 5.74) is 9.16. The molecule has 0 aliphatic rings. The van der Waals surface area contributed by atoms with Crippen LogP contribution in [0, 0.1) is 17.0 Å². The molecule has 0 unspecified atom stereocenters. The molecule has 0 heterocycles. The summed E-state index contributed by atoms with van der Waals surface area (Å²) in [7, 11) is 1.21. The Kier molecular flexibility index (Phi) is 5.77. The first-order valence-electron chi connectivity index (χ1n) is 6.23. The van der Waals surface area contributed by atoms with E-state index < -0.39 is 47.0 Å². The highest BCUT2D eigenvalue weighted by Gasteiger charge is 2.23. The molecule has 0 fully saturated rings. The number of methoxy groups -OCH3 is 1. The SMILES string of the molecule is COc1cc(F)c(C(=O)COC(=O)/C(C(=N)N)=C(\C)N)c(F)c1. The van der Waals surface area contributed by atoms with Crippen molar-refractivity contribution in [3.05, 3.63) is 40.6 Å². The predicted octanol–water partition coefficient (Wildman–Crippen LogP) is 0.868. The molecule has 0 aromatic heterocycles. The minimum atomic E-state index is -1.15. The minimum absolute atomic E-state index is 0.0863. The Morgan fingerprint density at radius 2 is 1.74 bits per heavy atom. The van der Waals surface area contributed by atoms with Crippen LogP contribution in [-0.4, -0.2) is 31.3 Å². The number of benzene rings is 1. The summed E-state index contributed by atoms with van der Waals surface area (Å²) in [4.78, 5) is 23.5. The molecule has 1 aromatic carbocycles. The average Bonchev–Trinajstić information content (AvgIpc) is 2.43. The summed E-state index contributed by atoms with van der Waals surface area (Å²) in [5, 5.41) is 7.20. The van der Waals surface area contributed by atoms with Crippen LogP contribution in [0.15, 0.2) is 23.4 Å². The van der Waals surface area contributed by atoms with Crippen LogP contribution in [0.1, 0.15) is 17.3 Å². The van der Waals surface area contributed by atoms with Gasteiger partial charge in [-0.15, -0.1) is 0 Å². The number of halogens is 2. The van der Waals surface area contributed by atoms with Crippen molar-refractivity contribution in [2.75, 3.05) is 13.7 Å². The summed E-state index contributed by atoms with van der Waals surface area (Å²) >= 11 is 0. The largest absolute Gasteiger partial charge is 0.497 e. The third kappa shape index (κ3) is 4.25. The molecule has 124 valence electrons. The minimum Gasteiger partial charge on any atom is -0.497 e. The monoisotopic (exact) mass is 327 g/mol. The van der Waals surface area contributed by atoms with Gasteiger partial charge in [-0.25, -0.2) is 13.6 Å². The highest BCUT2D eigenvalue weighted by Crippen LogP contribution is 2.21. The van der Waals surface area contributed by atoms with Crippen molar-refractivity contribution < 1.29 is 27.8 Å². The number of ketones is 1. The van der Waals surface area contributed by atoms with E-state index in [-0.39, 0.29) is 11.4 Å². The third-order valence-corrected chi connectivity index (χ3v) is 2.73. The lowest BCUT2D eigenvalue weighted by Gasteiger charge is -2.09. The van der Waals surface area contributed by atoms with E-state index in [9.17, 15) is 18.4 Å². The van der Waals surface area contributed by atoms with Crippen LogP contribution >= 0.6 is 0 Å². The van der Waals surface area contributed by atoms with Crippen molar-refractivity contribution in [3.63, 3.8) is 0 Å². The van der Waals surface area contributed by atoms with E-state index >= 15 is 0 Å². The van der Waals surface area contributed by atoms with Gasteiger partial charge in [-0.3, -0.25) is 10.2 Å². The Hall–Kier alpha value is -2.97. The van der Waals surface area contributed by atoms with Gasteiger partial charge in [-0.2, -0.15) is 0 Å². The van der Waals surface area contributed by atoms with E-state index in [1.165, 1.54) is 14.0 Å². The molecule has 9 heteroatoms. The Morgan fingerprint density at radius 1 is 1.22 bits per heavy atom. The normalized spacial score (nSPS) is 11.5. The summed E-state index contributed by atoms with van der Waals surface area (Å²) < 4.78 is 36.7. The molecule has 0 saturated carbocycles. The molecule has 0 aliphatic carbocycles. The van der Waals surface area contributed by atoms with Gasteiger partial charge in [0.1, 0.15) is 28.8 Å². The van der Waals surface area contributed by atoms with E-state index in [1.54, 1.807) is 0 Å². The first-order chi connectivity index (χ1) is 10.7. The zero-order chi connectivity index (χ0) is 17.7. The number of carbonyl (C=O) groups excluding carboxylic acids is 2. The third-order valence-electron chi connectivity index (χ3n) is 2.73. The van der Waals surface area contributed by atoms with Crippen LogP contribution in [-0.2, 0) is 9.53 Å². The number of nitrogens with one attached hydrogen (secondary N) is 1. The van der Waals surface area contributed by atoms with Crippen LogP contribution in [0.5, 0.6) is 5.75 Å². The van der Waals surface area contributed by atoms with E-state index in [1.807, 2.05) is 0 Å². The number of amidine groups is 1. The molecule has 1 rings (SSSR count). The van der Waals surface area contributed by atoms with Crippen molar-refractivity contribution in [1.82, 2.24) is 0 Å².